The molecule has 4 aliphatic rings. The molecular formula is C38H50N10O11S. The SMILES string of the molecule is CCC1(C)C[C@]12NC(=O)CNC(=O)[C@@H]1Cc3c([nH]c4ccccc34)SC[C@H](NC(=O)CNC2=O)C(=O)N[C@@H](CC(N)=O)C(=O)N2C[C@H](O)C[C@H]2C(=O)N[C@@H]([C@@H](C)O)C(=O)N1. The van der Waals surface area contributed by atoms with E-state index in [1.165, 1.54) is 6.92 Å². The Morgan fingerprint density at radius 2 is 1.65 bits per heavy atom. The number of aliphatic hydroxyl groups is 2. The largest absolute Gasteiger partial charge is 0.391 e. The van der Waals surface area contributed by atoms with Crippen LogP contribution in [0.5, 0.6) is 0 Å². The number of nitrogens with two attached hydrogens (primary N) is 1. The maximum atomic E-state index is 14.2. The van der Waals surface area contributed by atoms with Gasteiger partial charge in [0.05, 0.1) is 36.7 Å². The van der Waals surface area contributed by atoms with Gasteiger partial charge in [-0.05, 0) is 31.4 Å². The molecule has 2 aromatic rings. The predicted octanol–water partition coefficient (Wildman–Crippen LogP) is -4.11. The van der Waals surface area contributed by atoms with Crippen molar-refractivity contribution in [2.45, 2.75) is 106 Å². The number of carbonyl (C=O) groups is 9. The van der Waals surface area contributed by atoms with Gasteiger partial charge in [0.2, 0.25) is 53.2 Å². The number of amides is 9. The van der Waals surface area contributed by atoms with E-state index >= 15 is 0 Å². The lowest BCUT2D eigenvalue weighted by atomic mass is 9.98. The quantitative estimate of drug-likeness (QED) is 0.140. The second kappa shape index (κ2) is 17.5. The van der Waals surface area contributed by atoms with Crippen molar-refractivity contribution in [3.8, 4) is 0 Å². The van der Waals surface area contributed by atoms with Crippen molar-refractivity contribution < 1.29 is 53.4 Å². The molecule has 21 nitrogen and oxygen atoms in total. The Bertz CT molecular complexity index is 2110. The number of thioether (sulfide) groups is 1. The van der Waals surface area contributed by atoms with Crippen molar-refractivity contribution in [3.63, 3.8) is 0 Å². The third-order valence-electron chi connectivity index (χ3n) is 11.7. The van der Waals surface area contributed by atoms with Crippen LogP contribution in [0.4, 0.5) is 0 Å². The smallest absolute Gasteiger partial charge is 0.246 e. The summed E-state index contributed by atoms with van der Waals surface area (Å²) in [6, 6.07) is -0.772. The molecule has 1 saturated heterocycles. The lowest BCUT2D eigenvalue weighted by Gasteiger charge is -2.31. The highest BCUT2D eigenvalue weighted by atomic mass is 32.2. The first-order chi connectivity index (χ1) is 28.4. The third kappa shape index (κ3) is 9.04. The number of nitrogens with zero attached hydrogens (tertiary/aromatic N) is 1. The highest BCUT2D eigenvalue weighted by molar-refractivity contribution is 7.99. The Labute approximate surface area is 347 Å². The van der Waals surface area contributed by atoms with Crippen molar-refractivity contribution in [1.29, 1.82) is 0 Å². The van der Waals surface area contributed by atoms with Crippen molar-refractivity contribution in [1.82, 2.24) is 47.1 Å². The summed E-state index contributed by atoms with van der Waals surface area (Å²) >= 11 is 1.04. The molecule has 1 saturated carbocycles. The fourth-order valence-electron chi connectivity index (χ4n) is 8.06. The van der Waals surface area contributed by atoms with E-state index in [4.69, 9.17) is 5.73 Å². The van der Waals surface area contributed by atoms with E-state index in [-0.39, 0.29) is 25.0 Å². The number of aromatic amines is 1. The summed E-state index contributed by atoms with van der Waals surface area (Å²) in [7, 11) is 0. The van der Waals surface area contributed by atoms with Crippen LogP contribution in [0.2, 0.25) is 0 Å². The van der Waals surface area contributed by atoms with E-state index in [1.807, 2.05) is 6.92 Å². The molecule has 1 unspecified atom stereocenters. The van der Waals surface area contributed by atoms with Gasteiger partial charge in [-0.25, -0.2) is 0 Å². The monoisotopic (exact) mass is 854 g/mol. The number of rotatable bonds is 4. The van der Waals surface area contributed by atoms with E-state index in [0.29, 0.717) is 27.9 Å². The van der Waals surface area contributed by atoms with Crippen LogP contribution in [0.25, 0.3) is 10.9 Å². The summed E-state index contributed by atoms with van der Waals surface area (Å²) in [6.45, 7) is 3.16. The van der Waals surface area contributed by atoms with Crippen LogP contribution in [-0.4, -0.2) is 147 Å². The van der Waals surface area contributed by atoms with Crippen LogP contribution in [0.3, 0.4) is 0 Å². The minimum atomic E-state index is -1.71. The molecule has 60 heavy (non-hydrogen) atoms. The third-order valence-corrected chi connectivity index (χ3v) is 12.9. The summed E-state index contributed by atoms with van der Waals surface area (Å²) in [6.07, 6.45) is -3.43. The average molecular weight is 855 g/mol. The first kappa shape index (κ1) is 43.8. The van der Waals surface area contributed by atoms with Crippen molar-refractivity contribution in [3.05, 3.63) is 29.8 Å². The molecule has 0 radical (unpaired) electrons. The second-order valence-corrected chi connectivity index (χ2v) is 17.0. The minimum Gasteiger partial charge on any atom is -0.391 e. The normalized spacial score (nSPS) is 31.7. The van der Waals surface area contributed by atoms with E-state index in [2.05, 4.69) is 42.2 Å². The Balaban J connectivity index is 1.47. The molecule has 12 N–H and O–H groups in total. The van der Waals surface area contributed by atoms with Gasteiger partial charge in [-0.3, -0.25) is 43.2 Å². The lowest BCUT2D eigenvalue weighted by molar-refractivity contribution is -0.144. The molecule has 2 fully saturated rings. The van der Waals surface area contributed by atoms with Crippen molar-refractivity contribution in [2.24, 2.45) is 11.1 Å². The zero-order chi connectivity index (χ0) is 43.7. The van der Waals surface area contributed by atoms with Gasteiger partial charge in [0.1, 0.15) is 35.7 Å². The number of primary amides is 1. The molecule has 1 spiro atoms. The summed E-state index contributed by atoms with van der Waals surface area (Å²) in [5.41, 5.74) is 4.41. The summed E-state index contributed by atoms with van der Waals surface area (Å²) in [5.74, 6) is -8.21. The number of aliphatic hydroxyl groups excluding tert-OH is 2. The van der Waals surface area contributed by atoms with E-state index in [1.54, 1.807) is 31.2 Å². The number of nitrogens with one attached hydrogen (secondary N) is 8. The van der Waals surface area contributed by atoms with Gasteiger partial charge in [-0.1, -0.05) is 32.0 Å². The van der Waals surface area contributed by atoms with Crippen LogP contribution >= 0.6 is 11.8 Å². The molecule has 2 bridgehead atoms. The first-order valence-corrected chi connectivity index (χ1v) is 20.6. The summed E-state index contributed by atoms with van der Waals surface area (Å²) in [4.78, 5) is 127. The Morgan fingerprint density at radius 1 is 0.933 bits per heavy atom. The molecule has 6 rings (SSSR count). The number of fused-ring (bicyclic) bond motifs is 5. The van der Waals surface area contributed by atoms with E-state index in [9.17, 15) is 53.4 Å². The maximum absolute atomic E-state index is 14.2. The van der Waals surface area contributed by atoms with E-state index in [0.717, 1.165) is 16.7 Å². The van der Waals surface area contributed by atoms with Gasteiger partial charge in [0, 0.05) is 41.5 Å². The van der Waals surface area contributed by atoms with Gasteiger partial charge in [0.15, 0.2) is 0 Å². The zero-order valence-corrected chi connectivity index (χ0v) is 34.0. The van der Waals surface area contributed by atoms with Crippen LogP contribution in [0.1, 0.15) is 52.0 Å². The van der Waals surface area contributed by atoms with Crippen LogP contribution in [-0.2, 0) is 49.6 Å². The van der Waals surface area contributed by atoms with E-state index < -0.39 is 133 Å². The minimum absolute atomic E-state index is 0.212. The van der Waals surface area contributed by atoms with Crippen molar-refractivity contribution in [2.75, 3.05) is 25.4 Å². The standard InChI is InChI=1S/C38H50N10O11S/c1-4-37(3)16-38(37)36(59)41-12-27(52)42-24-15-60-34-20(19-7-5-6-8-21(19)45-34)10-22(30(54)40-13-28(53)47-38)43-33(57)29(17(2)49)46-32(56)25-9-18(50)14-48(25)35(58)23(11-26(39)51)44-31(24)55/h5-8,17-18,22-25,29,45,49-50H,4,9-16H2,1-3H3,(H2,39,51)(H,40,54)(H,41,59)(H,42,52)(H,43,57)(H,44,55)(H,46,56)(H,47,53)/t17-,18-,22+,23+,24+,25+,29+,37?,38-/m1/s1. The van der Waals surface area contributed by atoms with Gasteiger partial charge in [-0.15, -0.1) is 11.8 Å². The molecule has 1 aliphatic carbocycles. The fraction of sp³-hybridized carbons (Fsp3) is 0.553. The number of carbonyl (C=O) groups excluding carboxylic acids is 9. The van der Waals surface area contributed by atoms with Crippen LogP contribution in [0.15, 0.2) is 29.3 Å². The molecule has 1 aromatic heterocycles. The highest BCUT2D eigenvalue weighted by Crippen LogP contribution is 2.58. The van der Waals surface area contributed by atoms with Crippen molar-refractivity contribution >= 4 is 75.8 Å². The Kier molecular flexibility index (Phi) is 12.8. The molecular weight excluding hydrogens is 805 g/mol. The molecule has 4 heterocycles. The Morgan fingerprint density at radius 3 is 2.33 bits per heavy atom. The zero-order valence-electron chi connectivity index (χ0n) is 33.2. The molecule has 9 amide bonds. The fourth-order valence-corrected chi connectivity index (χ4v) is 9.18. The van der Waals surface area contributed by atoms with Gasteiger partial charge >= 0.3 is 0 Å². The lowest BCUT2D eigenvalue weighted by Crippen LogP contribution is -2.62. The topological polar surface area (TPSA) is 323 Å². The number of para-hydroxylation sites is 1. The number of hydrogen-bond acceptors (Lipinski definition) is 12. The molecule has 22 heteroatoms. The molecule has 9 atom stereocenters. The predicted molar refractivity (Wildman–Crippen MR) is 212 cm³/mol. The number of aromatic nitrogens is 1. The first-order valence-electron chi connectivity index (χ1n) is 19.6. The van der Waals surface area contributed by atoms with Gasteiger partial charge < -0.3 is 63.0 Å². The molecule has 3 aliphatic heterocycles. The summed E-state index contributed by atoms with van der Waals surface area (Å²) in [5, 5.41) is 40.3. The Hall–Kier alpha value is -5.74. The number of hydrogen-bond donors (Lipinski definition) is 11. The highest BCUT2D eigenvalue weighted by Gasteiger charge is 2.69. The maximum Gasteiger partial charge on any atom is 0.246 e. The van der Waals surface area contributed by atoms with Gasteiger partial charge in [-0.2, -0.15) is 0 Å². The molecule has 324 valence electrons. The molecule has 1 aromatic carbocycles. The van der Waals surface area contributed by atoms with Crippen LogP contribution < -0.4 is 43.0 Å². The summed E-state index contributed by atoms with van der Waals surface area (Å²) < 4.78 is 0. The number of benzene rings is 1. The average Bonchev–Trinajstić information content (AvgIpc) is 3.42. The van der Waals surface area contributed by atoms with Gasteiger partial charge in [0.25, 0.3) is 0 Å². The second-order valence-electron chi connectivity index (χ2n) is 16.0. The van der Waals surface area contributed by atoms with Crippen LogP contribution in [0, 0.1) is 5.41 Å². The number of H-pyrrole nitrogens is 1.